The summed E-state index contributed by atoms with van der Waals surface area (Å²) in [5, 5.41) is 2.34. The molecule has 0 saturated heterocycles. The maximum absolute atomic E-state index is 5.68. The number of fused-ring (bicyclic) bond motifs is 3. The Morgan fingerprint density at radius 3 is 2.87 bits per heavy atom. The first-order valence-electron chi connectivity index (χ1n) is 4.87. The Kier molecular flexibility index (Phi) is 1.51. The van der Waals surface area contributed by atoms with E-state index in [1.807, 2.05) is 6.07 Å². The third-order valence-electron chi connectivity index (χ3n) is 2.66. The van der Waals surface area contributed by atoms with Gasteiger partial charge < -0.3 is 10.7 Å². The van der Waals surface area contributed by atoms with E-state index in [4.69, 9.17) is 5.73 Å². The lowest BCUT2D eigenvalue weighted by Crippen LogP contribution is -1.87. The number of nitrogens with one attached hydrogen (secondary N) is 1. The number of benzene rings is 1. The number of nitrogens with zero attached hydrogens (tertiary/aromatic N) is 1. The number of nitrogen functional groups attached to an aromatic ring is 1. The molecule has 3 N–H and O–H groups in total. The predicted molar refractivity (Wildman–Crippen MR) is 62.7 cm³/mol. The molecule has 15 heavy (non-hydrogen) atoms. The molecule has 3 aromatic rings. The molecule has 0 spiro atoms. The molecule has 3 heteroatoms. The molecule has 74 valence electrons. The Hall–Kier alpha value is -2.03. The van der Waals surface area contributed by atoms with Gasteiger partial charge in [-0.15, -0.1) is 0 Å². The maximum Gasteiger partial charge on any atom is 0.124 e. The van der Waals surface area contributed by atoms with Gasteiger partial charge in [0.2, 0.25) is 0 Å². The molecule has 2 aromatic heterocycles. The van der Waals surface area contributed by atoms with Gasteiger partial charge in [0.25, 0.3) is 0 Å². The summed E-state index contributed by atoms with van der Waals surface area (Å²) in [6, 6.07) is 8.25. The fourth-order valence-electron chi connectivity index (χ4n) is 1.94. The number of hydrogen-bond donors (Lipinski definition) is 2. The van der Waals surface area contributed by atoms with Crippen molar-refractivity contribution >= 4 is 27.6 Å². The lowest BCUT2D eigenvalue weighted by Gasteiger charge is -1.93. The summed E-state index contributed by atoms with van der Waals surface area (Å²) in [5.41, 5.74) is 9.09. The molecular weight excluding hydrogens is 186 g/mol. The van der Waals surface area contributed by atoms with Crippen LogP contribution in [-0.2, 0) is 0 Å². The minimum absolute atomic E-state index is 0.559. The number of hydrogen-bond acceptors (Lipinski definition) is 2. The van der Waals surface area contributed by atoms with E-state index >= 15 is 0 Å². The van der Waals surface area contributed by atoms with Crippen molar-refractivity contribution in [3.63, 3.8) is 0 Å². The van der Waals surface area contributed by atoms with Gasteiger partial charge in [-0.3, -0.25) is 0 Å². The average molecular weight is 197 g/mol. The molecule has 0 aliphatic heterocycles. The Morgan fingerprint density at radius 1 is 1.13 bits per heavy atom. The van der Waals surface area contributed by atoms with E-state index in [9.17, 15) is 0 Å². The molecule has 0 atom stereocenters. The van der Waals surface area contributed by atoms with Gasteiger partial charge in [0.05, 0.1) is 11.7 Å². The van der Waals surface area contributed by atoms with Gasteiger partial charge in [0.1, 0.15) is 5.82 Å². The highest BCUT2D eigenvalue weighted by atomic mass is 14.8. The predicted octanol–water partition coefficient (Wildman–Crippen LogP) is 2.61. The van der Waals surface area contributed by atoms with Crippen molar-refractivity contribution in [3.05, 3.63) is 36.0 Å². The number of aryl methyl sites for hydroxylation is 1. The number of aromatic nitrogens is 2. The van der Waals surface area contributed by atoms with E-state index in [0.29, 0.717) is 5.82 Å². The molecule has 0 fully saturated rings. The van der Waals surface area contributed by atoms with Crippen molar-refractivity contribution in [2.24, 2.45) is 0 Å². The zero-order valence-corrected chi connectivity index (χ0v) is 8.41. The van der Waals surface area contributed by atoms with Crippen molar-refractivity contribution < 1.29 is 0 Å². The van der Waals surface area contributed by atoms with Crippen LogP contribution in [0.3, 0.4) is 0 Å². The van der Waals surface area contributed by atoms with E-state index in [1.165, 1.54) is 10.9 Å². The van der Waals surface area contributed by atoms with Gasteiger partial charge in [-0.1, -0.05) is 12.1 Å². The van der Waals surface area contributed by atoms with Crippen LogP contribution in [0.5, 0.6) is 0 Å². The number of aromatic amines is 1. The minimum atomic E-state index is 0.559. The molecule has 1 aromatic carbocycles. The zero-order valence-electron chi connectivity index (χ0n) is 8.41. The molecule has 3 nitrogen and oxygen atoms in total. The topological polar surface area (TPSA) is 54.7 Å². The fourth-order valence-corrected chi connectivity index (χ4v) is 1.94. The van der Waals surface area contributed by atoms with Crippen molar-refractivity contribution in [1.29, 1.82) is 0 Å². The maximum atomic E-state index is 5.68. The largest absolute Gasteiger partial charge is 0.384 e. The van der Waals surface area contributed by atoms with Crippen LogP contribution in [0.15, 0.2) is 30.5 Å². The van der Waals surface area contributed by atoms with E-state index in [2.05, 4.69) is 35.1 Å². The first-order chi connectivity index (χ1) is 7.24. The van der Waals surface area contributed by atoms with Crippen LogP contribution in [0, 0.1) is 6.92 Å². The number of anilines is 1. The normalized spacial score (nSPS) is 11.3. The summed E-state index contributed by atoms with van der Waals surface area (Å²) in [4.78, 5) is 7.40. The highest BCUT2D eigenvalue weighted by Crippen LogP contribution is 2.26. The van der Waals surface area contributed by atoms with Crippen molar-refractivity contribution in [3.8, 4) is 0 Å². The Labute approximate surface area is 86.9 Å². The van der Waals surface area contributed by atoms with Gasteiger partial charge in [0, 0.05) is 16.3 Å². The molecule has 3 rings (SSSR count). The van der Waals surface area contributed by atoms with Gasteiger partial charge >= 0.3 is 0 Å². The summed E-state index contributed by atoms with van der Waals surface area (Å²) in [7, 11) is 0. The third-order valence-corrected chi connectivity index (χ3v) is 2.66. The number of pyridine rings is 1. The second-order valence-corrected chi connectivity index (χ2v) is 3.83. The number of nitrogens with two attached hydrogens (primary N) is 1. The van der Waals surface area contributed by atoms with Gasteiger partial charge in [-0.2, -0.15) is 0 Å². The van der Waals surface area contributed by atoms with Gasteiger partial charge in [-0.05, 0) is 24.6 Å². The molecule has 0 unspecified atom stereocenters. The second-order valence-electron chi connectivity index (χ2n) is 3.83. The summed E-state index contributed by atoms with van der Waals surface area (Å²) < 4.78 is 0. The quantitative estimate of drug-likeness (QED) is 0.582. The van der Waals surface area contributed by atoms with Crippen LogP contribution in [0.25, 0.3) is 21.8 Å². The highest BCUT2D eigenvalue weighted by Gasteiger charge is 2.04. The monoisotopic (exact) mass is 197 g/mol. The first kappa shape index (κ1) is 8.29. The molecular formula is C12H11N3. The Morgan fingerprint density at radius 2 is 2.00 bits per heavy atom. The van der Waals surface area contributed by atoms with Gasteiger partial charge in [0.15, 0.2) is 0 Å². The molecule has 2 heterocycles. The van der Waals surface area contributed by atoms with E-state index in [-0.39, 0.29) is 0 Å². The SMILES string of the molecule is Cc1ccc2c(c1)[nH]c1cnc(N)cc12. The molecule has 0 saturated carbocycles. The third kappa shape index (κ3) is 1.16. The van der Waals surface area contributed by atoms with E-state index < -0.39 is 0 Å². The van der Waals surface area contributed by atoms with Crippen molar-refractivity contribution in [2.75, 3.05) is 5.73 Å². The van der Waals surface area contributed by atoms with Crippen LogP contribution in [-0.4, -0.2) is 9.97 Å². The molecule has 0 bridgehead atoms. The second kappa shape index (κ2) is 2.73. The van der Waals surface area contributed by atoms with Crippen LogP contribution >= 0.6 is 0 Å². The first-order valence-corrected chi connectivity index (χ1v) is 4.87. The lowest BCUT2D eigenvalue weighted by atomic mass is 10.1. The van der Waals surface area contributed by atoms with Crippen LogP contribution in [0.1, 0.15) is 5.56 Å². The Balaban J connectivity index is 2.53. The van der Waals surface area contributed by atoms with E-state index in [1.54, 1.807) is 6.20 Å². The smallest absolute Gasteiger partial charge is 0.124 e. The summed E-state index contributed by atoms with van der Waals surface area (Å²) in [6.07, 6.45) is 1.78. The van der Waals surface area contributed by atoms with E-state index in [0.717, 1.165) is 16.4 Å². The zero-order chi connectivity index (χ0) is 10.4. The summed E-state index contributed by atoms with van der Waals surface area (Å²) in [5.74, 6) is 0.559. The average Bonchev–Trinajstić information content (AvgIpc) is 2.54. The molecule has 0 aliphatic carbocycles. The Bertz CT molecular complexity index is 652. The molecule has 0 amide bonds. The lowest BCUT2D eigenvalue weighted by molar-refractivity contribution is 1.35. The number of rotatable bonds is 0. The fraction of sp³-hybridized carbons (Fsp3) is 0.0833. The van der Waals surface area contributed by atoms with Crippen LogP contribution in [0.4, 0.5) is 5.82 Å². The van der Waals surface area contributed by atoms with Gasteiger partial charge in [-0.25, -0.2) is 4.98 Å². The number of H-pyrrole nitrogens is 1. The van der Waals surface area contributed by atoms with Crippen LogP contribution in [0.2, 0.25) is 0 Å². The minimum Gasteiger partial charge on any atom is -0.384 e. The molecule has 0 aliphatic rings. The molecule has 0 radical (unpaired) electrons. The van der Waals surface area contributed by atoms with Crippen molar-refractivity contribution in [2.45, 2.75) is 6.92 Å². The highest BCUT2D eigenvalue weighted by molar-refractivity contribution is 6.07. The standard InChI is InChI=1S/C12H11N3/c1-7-2-3-8-9-5-12(13)14-6-11(9)15-10(8)4-7/h2-6,15H,1H3,(H2,13,14). The summed E-state index contributed by atoms with van der Waals surface area (Å²) >= 11 is 0. The van der Waals surface area contributed by atoms with Crippen LogP contribution < -0.4 is 5.73 Å². The summed E-state index contributed by atoms with van der Waals surface area (Å²) in [6.45, 7) is 2.08. The van der Waals surface area contributed by atoms with Crippen molar-refractivity contribution in [1.82, 2.24) is 9.97 Å².